The Hall–Kier alpha value is -2.34. The lowest BCUT2D eigenvalue weighted by Crippen LogP contribution is -2.00. The van der Waals surface area contributed by atoms with Crippen LogP contribution in [-0.2, 0) is 0 Å². The number of nitrogens with zero attached hydrogens (tertiary/aromatic N) is 3. The van der Waals surface area contributed by atoms with Gasteiger partial charge < -0.3 is 9.47 Å². The molecule has 0 saturated heterocycles. The molecule has 7 heteroatoms. The predicted octanol–water partition coefficient (Wildman–Crippen LogP) is 3.60. The van der Waals surface area contributed by atoms with E-state index in [0.29, 0.717) is 29.1 Å². The molecule has 0 spiro atoms. The normalized spacial score (nSPS) is 10.8. The highest BCUT2D eigenvalue weighted by Gasteiger charge is 2.10. The number of ether oxygens (including phenoxy) is 2. The van der Waals surface area contributed by atoms with Gasteiger partial charge in [0.1, 0.15) is 0 Å². The number of aromatic nitrogens is 2. The van der Waals surface area contributed by atoms with E-state index in [0.717, 1.165) is 17.0 Å². The lowest BCUT2D eigenvalue weighted by Gasteiger charge is -2.11. The molecule has 0 aliphatic rings. The Bertz CT molecular complexity index is 699. The summed E-state index contributed by atoms with van der Waals surface area (Å²) in [7, 11) is 1.55. The van der Waals surface area contributed by atoms with Crippen LogP contribution in [0.5, 0.6) is 11.5 Å². The van der Waals surface area contributed by atoms with Crippen molar-refractivity contribution in [3.05, 3.63) is 40.2 Å². The summed E-state index contributed by atoms with van der Waals surface area (Å²) in [6.07, 6.45) is 1.62. The molecular weight excluding hydrogens is 316 g/mol. The van der Waals surface area contributed by atoms with E-state index in [2.05, 4.69) is 20.5 Å². The van der Waals surface area contributed by atoms with Gasteiger partial charge in [0.2, 0.25) is 5.95 Å². The number of rotatable bonds is 6. The summed E-state index contributed by atoms with van der Waals surface area (Å²) >= 11 is 6.20. The molecule has 2 rings (SSSR count). The molecule has 0 bridgehead atoms. The zero-order chi connectivity index (χ0) is 16.8. The number of benzene rings is 1. The second kappa shape index (κ2) is 7.78. The van der Waals surface area contributed by atoms with E-state index in [-0.39, 0.29) is 0 Å². The quantitative estimate of drug-likeness (QED) is 0.645. The summed E-state index contributed by atoms with van der Waals surface area (Å²) in [6, 6.07) is 5.45. The number of halogens is 1. The summed E-state index contributed by atoms with van der Waals surface area (Å²) in [4.78, 5) is 8.50. The van der Waals surface area contributed by atoms with Gasteiger partial charge in [-0.2, -0.15) is 5.10 Å². The van der Waals surface area contributed by atoms with Crippen molar-refractivity contribution in [1.29, 1.82) is 0 Å². The Labute approximate surface area is 140 Å². The summed E-state index contributed by atoms with van der Waals surface area (Å²) in [5.41, 5.74) is 5.33. The summed E-state index contributed by atoms with van der Waals surface area (Å²) < 4.78 is 10.8. The molecule has 0 aliphatic heterocycles. The third kappa shape index (κ3) is 4.56. The molecule has 0 radical (unpaired) electrons. The zero-order valence-corrected chi connectivity index (χ0v) is 14.3. The van der Waals surface area contributed by atoms with Crippen molar-refractivity contribution in [2.75, 3.05) is 19.1 Å². The minimum atomic E-state index is 0.448. The van der Waals surface area contributed by atoms with Crippen LogP contribution in [0.4, 0.5) is 5.95 Å². The van der Waals surface area contributed by atoms with Crippen LogP contribution in [0.15, 0.2) is 23.3 Å². The largest absolute Gasteiger partial charge is 0.491 e. The van der Waals surface area contributed by atoms with Crippen LogP contribution in [0.3, 0.4) is 0 Å². The van der Waals surface area contributed by atoms with E-state index in [4.69, 9.17) is 21.1 Å². The number of hydrazone groups is 1. The summed E-state index contributed by atoms with van der Waals surface area (Å²) in [5.74, 6) is 1.53. The number of hydrogen-bond acceptors (Lipinski definition) is 6. The second-order valence-electron chi connectivity index (χ2n) is 4.81. The zero-order valence-electron chi connectivity index (χ0n) is 13.6. The van der Waals surface area contributed by atoms with E-state index >= 15 is 0 Å². The first-order chi connectivity index (χ1) is 11.0. The molecule has 0 aliphatic carbocycles. The van der Waals surface area contributed by atoms with Crippen molar-refractivity contribution >= 4 is 23.8 Å². The van der Waals surface area contributed by atoms with Crippen LogP contribution in [0.1, 0.15) is 23.9 Å². The van der Waals surface area contributed by atoms with Gasteiger partial charge in [0, 0.05) is 11.4 Å². The fourth-order valence-electron chi connectivity index (χ4n) is 2.06. The van der Waals surface area contributed by atoms with Gasteiger partial charge in [0.15, 0.2) is 11.5 Å². The van der Waals surface area contributed by atoms with Gasteiger partial charge >= 0.3 is 0 Å². The monoisotopic (exact) mass is 334 g/mol. The summed E-state index contributed by atoms with van der Waals surface area (Å²) in [5, 5.41) is 4.60. The molecule has 1 heterocycles. The van der Waals surface area contributed by atoms with Gasteiger partial charge in [0.05, 0.1) is 25.0 Å². The maximum atomic E-state index is 6.20. The Morgan fingerprint density at radius 2 is 1.91 bits per heavy atom. The molecule has 0 amide bonds. The Morgan fingerprint density at radius 3 is 2.52 bits per heavy atom. The molecule has 1 aromatic heterocycles. The van der Waals surface area contributed by atoms with Gasteiger partial charge in [-0.3, -0.25) is 0 Å². The molecule has 0 saturated carbocycles. The first kappa shape index (κ1) is 17.0. The minimum absolute atomic E-state index is 0.448. The number of nitrogens with one attached hydrogen (secondary N) is 1. The molecule has 1 N–H and O–H groups in total. The smallest absolute Gasteiger partial charge is 0.243 e. The summed E-state index contributed by atoms with van der Waals surface area (Å²) in [6.45, 7) is 6.22. The molecule has 2 aromatic rings. The van der Waals surface area contributed by atoms with Crippen molar-refractivity contribution in [2.45, 2.75) is 20.8 Å². The van der Waals surface area contributed by atoms with Crippen molar-refractivity contribution in [1.82, 2.24) is 9.97 Å². The van der Waals surface area contributed by atoms with Crippen molar-refractivity contribution in [3.8, 4) is 11.5 Å². The second-order valence-corrected chi connectivity index (χ2v) is 5.22. The van der Waals surface area contributed by atoms with Crippen LogP contribution < -0.4 is 14.9 Å². The lowest BCUT2D eigenvalue weighted by atomic mass is 10.2. The Morgan fingerprint density at radius 1 is 1.22 bits per heavy atom. The molecule has 0 fully saturated rings. The van der Waals surface area contributed by atoms with Gasteiger partial charge in [-0.15, -0.1) is 0 Å². The first-order valence-electron chi connectivity index (χ1n) is 7.15. The Balaban J connectivity index is 2.18. The van der Waals surface area contributed by atoms with E-state index in [1.54, 1.807) is 19.4 Å². The SMILES string of the molecule is CCOc1cc(/C=N\Nc2nc(C)cc(C)n2)cc(Cl)c1OC. The topological polar surface area (TPSA) is 68.6 Å². The van der Waals surface area contributed by atoms with E-state index in [1.807, 2.05) is 32.9 Å². The fourth-order valence-corrected chi connectivity index (χ4v) is 2.36. The van der Waals surface area contributed by atoms with Crippen molar-refractivity contribution in [2.24, 2.45) is 5.10 Å². The molecule has 1 aromatic carbocycles. The molecule has 6 nitrogen and oxygen atoms in total. The highest BCUT2D eigenvalue weighted by atomic mass is 35.5. The highest BCUT2D eigenvalue weighted by Crippen LogP contribution is 2.35. The Kier molecular flexibility index (Phi) is 5.76. The predicted molar refractivity (Wildman–Crippen MR) is 91.9 cm³/mol. The standard InChI is InChI=1S/C16H19ClN4O2/c1-5-23-14-8-12(7-13(17)15(14)22-4)9-18-21-16-19-10(2)6-11(3)20-16/h6-9H,5H2,1-4H3,(H,19,20,21)/b18-9-. The van der Waals surface area contributed by atoms with E-state index in [9.17, 15) is 0 Å². The van der Waals surface area contributed by atoms with Crippen LogP contribution in [-0.4, -0.2) is 29.9 Å². The van der Waals surface area contributed by atoms with Crippen LogP contribution in [0.2, 0.25) is 5.02 Å². The molecule has 23 heavy (non-hydrogen) atoms. The third-order valence-electron chi connectivity index (χ3n) is 2.90. The van der Waals surface area contributed by atoms with Crippen molar-refractivity contribution in [3.63, 3.8) is 0 Å². The first-order valence-corrected chi connectivity index (χ1v) is 7.53. The van der Waals surface area contributed by atoms with Crippen LogP contribution in [0, 0.1) is 13.8 Å². The van der Waals surface area contributed by atoms with E-state index in [1.165, 1.54) is 0 Å². The molecule has 0 atom stereocenters. The van der Waals surface area contributed by atoms with E-state index < -0.39 is 0 Å². The fraction of sp³-hybridized carbons (Fsp3) is 0.312. The maximum absolute atomic E-state index is 6.20. The minimum Gasteiger partial charge on any atom is -0.491 e. The average Bonchev–Trinajstić information content (AvgIpc) is 2.46. The molecule has 122 valence electrons. The van der Waals surface area contributed by atoms with Gasteiger partial charge in [-0.05, 0) is 44.5 Å². The molecule has 0 unspecified atom stereocenters. The average molecular weight is 335 g/mol. The van der Waals surface area contributed by atoms with Gasteiger partial charge in [0.25, 0.3) is 0 Å². The lowest BCUT2D eigenvalue weighted by molar-refractivity contribution is 0.311. The number of aryl methyl sites for hydroxylation is 2. The number of hydrogen-bond donors (Lipinski definition) is 1. The number of anilines is 1. The number of methoxy groups -OCH3 is 1. The van der Waals surface area contributed by atoms with Gasteiger partial charge in [-0.25, -0.2) is 15.4 Å². The van der Waals surface area contributed by atoms with Crippen LogP contribution in [0.25, 0.3) is 0 Å². The molecular formula is C16H19ClN4O2. The van der Waals surface area contributed by atoms with Crippen molar-refractivity contribution < 1.29 is 9.47 Å². The van der Waals surface area contributed by atoms with Gasteiger partial charge in [-0.1, -0.05) is 11.6 Å². The highest BCUT2D eigenvalue weighted by molar-refractivity contribution is 6.32. The van der Waals surface area contributed by atoms with Crippen LogP contribution >= 0.6 is 11.6 Å². The maximum Gasteiger partial charge on any atom is 0.243 e. The third-order valence-corrected chi connectivity index (χ3v) is 3.18.